The van der Waals surface area contributed by atoms with E-state index in [-0.39, 0.29) is 6.10 Å². The standard InChI is InChI=1S/C28H27F3N2O2/c1-34-26-14-6-8-20(27(26)35-23-10-2-3-11-23)9-7-19-32-24-12-4-5-13-25(24)33-22-17-15-21(16-18-22)28(29,30)31/h4-9,12-19,23,33H,2-3,10-11H2,1H3/b9-7+,32-19?. The largest absolute Gasteiger partial charge is 0.493 e. The zero-order chi connectivity index (χ0) is 24.7. The summed E-state index contributed by atoms with van der Waals surface area (Å²) in [6, 6.07) is 18.0. The number of nitrogens with one attached hydrogen (secondary N) is 1. The summed E-state index contributed by atoms with van der Waals surface area (Å²) in [7, 11) is 1.63. The quantitative estimate of drug-likeness (QED) is 0.331. The number of rotatable bonds is 8. The molecule has 4 nitrogen and oxygen atoms in total. The lowest BCUT2D eigenvalue weighted by Gasteiger charge is -2.17. The van der Waals surface area contributed by atoms with Gasteiger partial charge in [-0.2, -0.15) is 13.2 Å². The molecule has 0 radical (unpaired) electrons. The summed E-state index contributed by atoms with van der Waals surface area (Å²) in [4.78, 5) is 4.52. The van der Waals surface area contributed by atoms with Crippen LogP contribution < -0.4 is 14.8 Å². The molecule has 35 heavy (non-hydrogen) atoms. The highest BCUT2D eigenvalue weighted by atomic mass is 19.4. The molecule has 1 N–H and O–H groups in total. The third kappa shape index (κ3) is 6.44. The van der Waals surface area contributed by atoms with E-state index in [9.17, 15) is 13.2 Å². The van der Waals surface area contributed by atoms with Gasteiger partial charge in [-0.3, -0.25) is 4.99 Å². The van der Waals surface area contributed by atoms with Crippen LogP contribution in [0, 0.1) is 0 Å². The molecule has 0 amide bonds. The van der Waals surface area contributed by atoms with Crippen molar-refractivity contribution in [3.8, 4) is 11.5 Å². The van der Waals surface area contributed by atoms with E-state index in [4.69, 9.17) is 9.47 Å². The molecule has 0 unspecified atom stereocenters. The highest BCUT2D eigenvalue weighted by Crippen LogP contribution is 2.36. The van der Waals surface area contributed by atoms with Crippen LogP contribution in [0.3, 0.4) is 0 Å². The second-order valence-corrected chi connectivity index (χ2v) is 8.26. The number of aliphatic imine (C=N–C) groups is 1. The van der Waals surface area contributed by atoms with Gasteiger partial charge in [-0.05, 0) is 80.3 Å². The Labute approximate surface area is 203 Å². The van der Waals surface area contributed by atoms with E-state index in [1.54, 1.807) is 13.3 Å². The molecule has 0 aliphatic heterocycles. The number of methoxy groups -OCH3 is 1. The second-order valence-electron chi connectivity index (χ2n) is 8.26. The Morgan fingerprint density at radius 2 is 1.69 bits per heavy atom. The van der Waals surface area contributed by atoms with Crippen LogP contribution in [-0.4, -0.2) is 19.4 Å². The van der Waals surface area contributed by atoms with Crippen LogP contribution in [0.5, 0.6) is 11.5 Å². The zero-order valence-electron chi connectivity index (χ0n) is 19.4. The molecule has 182 valence electrons. The van der Waals surface area contributed by atoms with Crippen molar-refractivity contribution >= 4 is 29.4 Å². The molecule has 0 heterocycles. The van der Waals surface area contributed by atoms with Gasteiger partial charge in [-0.15, -0.1) is 0 Å². The van der Waals surface area contributed by atoms with Gasteiger partial charge < -0.3 is 14.8 Å². The van der Waals surface area contributed by atoms with Crippen LogP contribution in [0.15, 0.2) is 77.8 Å². The van der Waals surface area contributed by atoms with Gasteiger partial charge in [-0.1, -0.05) is 24.3 Å². The number of para-hydroxylation sites is 3. The van der Waals surface area contributed by atoms with Crippen molar-refractivity contribution in [2.45, 2.75) is 38.0 Å². The number of hydrogen-bond acceptors (Lipinski definition) is 4. The van der Waals surface area contributed by atoms with Crippen LogP contribution in [0.1, 0.15) is 36.8 Å². The average molecular weight is 481 g/mol. The SMILES string of the molecule is COc1cccc(/C=C/C=Nc2ccccc2Nc2ccc(C(F)(F)F)cc2)c1OC1CCCC1. The molecule has 1 saturated carbocycles. The third-order valence-electron chi connectivity index (χ3n) is 5.79. The lowest BCUT2D eigenvalue weighted by atomic mass is 10.1. The highest BCUT2D eigenvalue weighted by Gasteiger charge is 2.30. The Hall–Kier alpha value is -3.74. The summed E-state index contributed by atoms with van der Waals surface area (Å²) in [6.07, 6.45) is 5.71. The molecule has 0 bridgehead atoms. The van der Waals surface area contributed by atoms with E-state index >= 15 is 0 Å². The molecule has 4 rings (SSSR count). The van der Waals surface area contributed by atoms with Gasteiger partial charge in [0.15, 0.2) is 11.5 Å². The molecule has 0 atom stereocenters. The van der Waals surface area contributed by atoms with Gasteiger partial charge in [0.2, 0.25) is 0 Å². The van der Waals surface area contributed by atoms with Crippen LogP contribution >= 0.6 is 0 Å². The van der Waals surface area contributed by atoms with E-state index in [2.05, 4.69) is 10.3 Å². The minimum absolute atomic E-state index is 0.204. The fourth-order valence-corrected chi connectivity index (χ4v) is 3.98. The third-order valence-corrected chi connectivity index (χ3v) is 5.79. The van der Waals surface area contributed by atoms with E-state index in [0.717, 1.165) is 36.3 Å². The predicted molar refractivity (Wildman–Crippen MR) is 134 cm³/mol. The van der Waals surface area contributed by atoms with Crippen LogP contribution in [0.25, 0.3) is 6.08 Å². The van der Waals surface area contributed by atoms with Gasteiger partial charge in [0.05, 0.1) is 30.2 Å². The maximum Gasteiger partial charge on any atom is 0.416 e. The van der Waals surface area contributed by atoms with Crippen LogP contribution in [-0.2, 0) is 6.18 Å². The summed E-state index contributed by atoms with van der Waals surface area (Å²) in [5.74, 6) is 1.43. The summed E-state index contributed by atoms with van der Waals surface area (Å²) in [5.41, 5.74) is 2.10. The molecular weight excluding hydrogens is 453 g/mol. The van der Waals surface area contributed by atoms with Gasteiger partial charge in [-0.25, -0.2) is 0 Å². The summed E-state index contributed by atoms with van der Waals surface area (Å²) in [6.45, 7) is 0. The van der Waals surface area contributed by atoms with Gasteiger partial charge in [0.25, 0.3) is 0 Å². The van der Waals surface area contributed by atoms with Crippen molar-refractivity contribution in [2.24, 2.45) is 4.99 Å². The van der Waals surface area contributed by atoms with Crippen molar-refractivity contribution in [1.82, 2.24) is 0 Å². The lowest BCUT2D eigenvalue weighted by molar-refractivity contribution is -0.137. The molecule has 1 aliphatic carbocycles. The zero-order valence-corrected chi connectivity index (χ0v) is 19.4. The maximum atomic E-state index is 12.8. The number of allylic oxidation sites excluding steroid dienone is 1. The highest BCUT2D eigenvalue weighted by molar-refractivity contribution is 5.84. The number of nitrogens with zero attached hydrogens (tertiary/aromatic N) is 1. The smallest absolute Gasteiger partial charge is 0.416 e. The molecule has 7 heteroatoms. The van der Waals surface area contributed by atoms with E-state index in [0.29, 0.717) is 22.8 Å². The van der Waals surface area contributed by atoms with Gasteiger partial charge in [0.1, 0.15) is 0 Å². The summed E-state index contributed by atoms with van der Waals surface area (Å²) >= 11 is 0. The maximum absolute atomic E-state index is 12.8. The molecule has 0 spiro atoms. The average Bonchev–Trinajstić information content (AvgIpc) is 3.36. The van der Waals surface area contributed by atoms with Gasteiger partial charge in [0, 0.05) is 17.5 Å². The Morgan fingerprint density at radius 1 is 0.943 bits per heavy atom. The predicted octanol–water partition coefficient (Wildman–Crippen LogP) is 8.19. The number of benzene rings is 3. The van der Waals surface area contributed by atoms with E-state index in [1.165, 1.54) is 25.0 Å². The Balaban J connectivity index is 1.48. The minimum Gasteiger partial charge on any atom is -0.493 e. The fraction of sp³-hybridized carbons (Fsp3) is 0.250. The molecule has 1 aliphatic rings. The Morgan fingerprint density at radius 3 is 2.40 bits per heavy atom. The Bertz CT molecular complexity index is 1180. The Kier molecular flexibility index (Phi) is 7.75. The van der Waals surface area contributed by atoms with E-state index < -0.39 is 11.7 Å². The van der Waals surface area contributed by atoms with Crippen molar-refractivity contribution in [2.75, 3.05) is 12.4 Å². The number of alkyl halides is 3. The van der Waals surface area contributed by atoms with Crippen molar-refractivity contribution in [3.05, 3.63) is 83.9 Å². The number of hydrogen-bond donors (Lipinski definition) is 1. The number of ether oxygens (including phenoxy) is 2. The first-order valence-corrected chi connectivity index (χ1v) is 11.5. The molecule has 0 aromatic heterocycles. The molecule has 1 fully saturated rings. The van der Waals surface area contributed by atoms with Crippen molar-refractivity contribution in [3.63, 3.8) is 0 Å². The first-order chi connectivity index (χ1) is 16.9. The molecule has 3 aromatic carbocycles. The van der Waals surface area contributed by atoms with Gasteiger partial charge >= 0.3 is 6.18 Å². The topological polar surface area (TPSA) is 42.8 Å². The van der Waals surface area contributed by atoms with Crippen LogP contribution in [0.2, 0.25) is 0 Å². The molecular formula is C28H27F3N2O2. The fourth-order valence-electron chi connectivity index (χ4n) is 3.98. The summed E-state index contributed by atoms with van der Waals surface area (Å²) < 4.78 is 50.2. The lowest BCUT2D eigenvalue weighted by Crippen LogP contribution is -2.12. The second kappa shape index (κ2) is 11.1. The van der Waals surface area contributed by atoms with Crippen molar-refractivity contribution < 1.29 is 22.6 Å². The minimum atomic E-state index is -4.36. The first-order valence-electron chi connectivity index (χ1n) is 11.5. The molecule has 0 saturated heterocycles. The van der Waals surface area contributed by atoms with Crippen molar-refractivity contribution in [1.29, 1.82) is 0 Å². The number of anilines is 2. The first kappa shape index (κ1) is 24.4. The monoisotopic (exact) mass is 480 g/mol. The molecule has 3 aromatic rings. The summed E-state index contributed by atoms with van der Waals surface area (Å²) in [5, 5.41) is 3.13. The number of halogens is 3. The normalized spacial score (nSPS) is 14.6. The van der Waals surface area contributed by atoms with Crippen LogP contribution in [0.4, 0.5) is 30.2 Å². The van der Waals surface area contributed by atoms with E-state index in [1.807, 2.05) is 54.6 Å².